The molecule has 1 fully saturated rings. The lowest BCUT2D eigenvalue weighted by atomic mass is 9.96. The summed E-state index contributed by atoms with van der Waals surface area (Å²) in [6, 6.07) is 4.58. The zero-order chi connectivity index (χ0) is 14.5. The molecule has 1 aliphatic heterocycles. The van der Waals surface area contributed by atoms with Crippen molar-refractivity contribution in [1.29, 1.82) is 0 Å². The normalized spacial score (nSPS) is 20.4. The average Bonchev–Trinajstić information content (AvgIpc) is 2.41. The molecule has 1 aromatic heterocycles. The van der Waals surface area contributed by atoms with E-state index >= 15 is 0 Å². The molecule has 2 heterocycles. The molecule has 5 heteroatoms. The van der Waals surface area contributed by atoms with Crippen molar-refractivity contribution < 1.29 is 4.79 Å². The fourth-order valence-corrected chi connectivity index (χ4v) is 3.01. The van der Waals surface area contributed by atoms with Crippen molar-refractivity contribution in [2.24, 2.45) is 5.73 Å². The highest BCUT2D eigenvalue weighted by molar-refractivity contribution is 5.73. The monoisotopic (exact) mass is 276 g/mol. The van der Waals surface area contributed by atoms with E-state index in [-0.39, 0.29) is 18.0 Å². The van der Waals surface area contributed by atoms with Crippen molar-refractivity contribution in [1.82, 2.24) is 15.2 Å². The smallest absolute Gasteiger partial charge is 0.217 e. The fourth-order valence-electron chi connectivity index (χ4n) is 3.01. The topological polar surface area (TPSA) is 71.2 Å². The third kappa shape index (κ3) is 3.77. The molecule has 0 radical (unpaired) electrons. The number of likely N-dealkylation sites (tertiary alicyclic amines) is 1. The van der Waals surface area contributed by atoms with Gasteiger partial charge in [0.25, 0.3) is 0 Å². The van der Waals surface area contributed by atoms with E-state index < -0.39 is 0 Å². The molecule has 2 unspecified atom stereocenters. The lowest BCUT2D eigenvalue weighted by Crippen LogP contribution is -2.48. The number of nitrogens with one attached hydrogen (secondary N) is 1. The Hall–Kier alpha value is -1.46. The molecular weight excluding hydrogens is 252 g/mol. The summed E-state index contributed by atoms with van der Waals surface area (Å²) in [7, 11) is 0. The standard InChI is InChI=1S/C15H24N4O/c1-11(16)15(13-4-3-7-17-10-13)19-8-5-14(6-9-19)18-12(2)20/h3-4,7,10-11,14-15H,5-6,8-9,16H2,1-2H3,(H,18,20). The molecule has 0 bridgehead atoms. The number of amides is 1. The van der Waals surface area contributed by atoms with Gasteiger partial charge in [0.1, 0.15) is 0 Å². The number of hydrogen-bond acceptors (Lipinski definition) is 4. The predicted molar refractivity (Wildman–Crippen MR) is 79.0 cm³/mol. The molecule has 20 heavy (non-hydrogen) atoms. The molecule has 110 valence electrons. The van der Waals surface area contributed by atoms with E-state index in [1.165, 1.54) is 5.56 Å². The summed E-state index contributed by atoms with van der Waals surface area (Å²) in [6.07, 6.45) is 5.63. The first-order valence-corrected chi connectivity index (χ1v) is 7.24. The molecule has 5 nitrogen and oxygen atoms in total. The van der Waals surface area contributed by atoms with Gasteiger partial charge >= 0.3 is 0 Å². The van der Waals surface area contributed by atoms with E-state index in [1.807, 2.05) is 19.2 Å². The summed E-state index contributed by atoms with van der Waals surface area (Å²) < 4.78 is 0. The number of carbonyl (C=O) groups is 1. The molecule has 0 aliphatic carbocycles. The van der Waals surface area contributed by atoms with Crippen LogP contribution in [0.25, 0.3) is 0 Å². The lowest BCUT2D eigenvalue weighted by Gasteiger charge is -2.39. The number of pyridine rings is 1. The van der Waals surface area contributed by atoms with Gasteiger partial charge in [-0.1, -0.05) is 6.07 Å². The van der Waals surface area contributed by atoms with Gasteiger partial charge in [-0.05, 0) is 31.4 Å². The average molecular weight is 276 g/mol. The second kappa shape index (κ2) is 6.81. The van der Waals surface area contributed by atoms with Gasteiger partial charge in [0, 0.05) is 44.5 Å². The molecule has 1 saturated heterocycles. The van der Waals surface area contributed by atoms with Gasteiger partial charge in [0.2, 0.25) is 5.91 Å². The molecule has 3 N–H and O–H groups in total. The van der Waals surface area contributed by atoms with Crippen LogP contribution in [-0.2, 0) is 4.79 Å². The van der Waals surface area contributed by atoms with Gasteiger partial charge in [-0.2, -0.15) is 0 Å². The zero-order valence-electron chi connectivity index (χ0n) is 12.2. The molecule has 1 amide bonds. The first kappa shape index (κ1) is 14.9. The molecular formula is C15H24N4O. The van der Waals surface area contributed by atoms with Gasteiger partial charge in [0.05, 0.1) is 6.04 Å². The Kier molecular flexibility index (Phi) is 5.09. The van der Waals surface area contributed by atoms with Gasteiger partial charge in [-0.3, -0.25) is 14.7 Å². The van der Waals surface area contributed by atoms with Crippen molar-refractivity contribution >= 4 is 5.91 Å². The Bertz CT molecular complexity index is 427. The molecule has 2 atom stereocenters. The van der Waals surface area contributed by atoms with Gasteiger partial charge in [-0.15, -0.1) is 0 Å². The molecule has 1 aromatic rings. The van der Waals surface area contributed by atoms with Crippen LogP contribution < -0.4 is 11.1 Å². The number of carbonyl (C=O) groups excluding carboxylic acids is 1. The minimum atomic E-state index is 0.0523. The van der Waals surface area contributed by atoms with Gasteiger partial charge in [0.15, 0.2) is 0 Å². The Morgan fingerprint density at radius 1 is 1.50 bits per heavy atom. The van der Waals surface area contributed by atoms with Crippen LogP contribution in [0.4, 0.5) is 0 Å². The minimum absolute atomic E-state index is 0.0523. The summed E-state index contributed by atoms with van der Waals surface area (Å²) in [4.78, 5) is 17.7. The molecule has 0 spiro atoms. The van der Waals surface area contributed by atoms with Gasteiger partial charge in [-0.25, -0.2) is 0 Å². The Morgan fingerprint density at radius 2 is 2.20 bits per heavy atom. The van der Waals surface area contributed by atoms with Crippen LogP contribution in [0.3, 0.4) is 0 Å². The number of nitrogens with zero attached hydrogens (tertiary/aromatic N) is 2. The third-order valence-corrected chi connectivity index (χ3v) is 3.85. The SMILES string of the molecule is CC(=O)NC1CCN(C(c2cccnc2)C(C)N)CC1. The van der Waals surface area contributed by atoms with Crippen LogP contribution in [0, 0.1) is 0 Å². The summed E-state index contributed by atoms with van der Waals surface area (Å²) in [5.74, 6) is 0.0550. The summed E-state index contributed by atoms with van der Waals surface area (Å²) >= 11 is 0. The van der Waals surface area contributed by atoms with E-state index in [1.54, 1.807) is 13.1 Å². The second-order valence-corrected chi connectivity index (χ2v) is 5.60. The highest BCUT2D eigenvalue weighted by atomic mass is 16.1. The summed E-state index contributed by atoms with van der Waals surface area (Å²) in [5.41, 5.74) is 7.34. The Morgan fingerprint density at radius 3 is 2.70 bits per heavy atom. The Labute approximate surface area is 120 Å². The van der Waals surface area contributed by atoms with Crippen LogP contribution in [0.2, 0.25) is 0 Å². The van der Waals surface area contributed by atoms with E-state index in [9.17, 15) is 4.79 Å². The van der Waals surface area contributed by atoms with E-state index in [0.717, 1.165) is 25.9 Å². The first-order valence-electron chi connectivity index (χ1n) is 7.24. The lowest BCUT2D eigenvalue weighted by molar-refractivity contribution is -0.120. The largest absolute Gasteiger partial charge is 0.354 e. The third-order valence-electron chi connectivity index (χ3n) is 3.85. The summed E-state index contributed by atoms with van der Waals surface area (Å²) in [6.45, 7) is 5.52. The zero-order valence-corrected chi connectivity index (χ0v) is 12.2. The summed E-state index contributed by atoms with van der Waals surface area (Å²) in [5, 5.41) is 3.00. The van der Waals surface area contributed by atoms with Crippen molar-refractivity contribution in [3.63, 3.8) is 0 Å². The number of rotatable bonds is 4. The molecule has 0 saturated carbocycles. The highest BCUT2D eigenvalue weighted by Gasteiger charge is 2.28. The van der Waals surface area contributed by atoms with Crippen molar-refractivity contribution in [3.05, 3.63) is 30.1 Å². The van der Waals surface area contributed by atoms with Crippen LogP contribution in [-0.4, -0.2) is 41.0 Å². The van der Waals surface area contributed by atoms with E-state index in [0.29, 0.717) is 6.04 Å². The molecule has 1 aliphatic rings. The van der Waals surface area contributed by atoms with Crippen molar-refractivity contribution in [3.8, 4) is 0 Å². The maximum absolute atomic E-state index is 11.1. The van der Waals surface area contributed by atoms with Crippen LogP contribution in [0.1, 0.15) is 38.3 Å². The number of hydrogen-bond donors (Lipinski definition) is 2. The first-order chi connectivity index (χ1) is 9.58. The maximum atomic E-state index is 11.1. The van der Waals surface area contributed by atoms with Gasteiger partial charge < -0.3 is 11.1 Å². The van der Waals surface area contributed by atoms with Crippen molar-refractivity contribution in [2.45, 2.75) is 44.8 Å². The second-order valence-electron chi connectivity index (χ2n) is 5.60. The highest BCUT2D eigenvalue weighted by Crippen LogP contribution is 2.26. The molecule has 0 aromatic carbocycles. The van der Waals surface area contributed by atoms with Crippen LogP contribution in [0.15, 0.2) is 24.5 Å². The van der Waals surface area contributed by atoms with Crippen LogP contribution in [0.5, 0.6) is 0 Å². The maximum Gasteiger partial charge on any atom is 0.217 e. The molecule has 2 rings (SSSR count). The van der Waals surface area contributed by atoms with E-state index in [2.05, 4.69) is 21.3 Å². The Balaban J connectivity index is 2.01. The number of nitrogens with two attached hydrogens (primary N) is 1. The minimum Gasteiger partial charge on any atom is -0.354 e. The quantitative estimate of drug-likeness (QED) is 0.863. The fraction of sp³-hybridized carbons (Fsp3) is 0.600. The van der Waals surface area contributed by atoms with E-state index in [4.69, 9.17) is 5.73 Å². The number of aromatic nitrogens is 1. The number of piperidine rings is 1. The van der Waals surface area contributed by atoms with Crippen molar-refractivity contribution in [2.75, 3.05) is 13.1 Å². The van der Waals surface area contributed by atoms with Crippen LogP contribution >= 0.6 is 0 Å². The predicted octanol–water partition coefficient (Wildman–Crippen LogP) is 1.07.